The van der Waals surface area contributed by atoms with E-state index < -0.39 is 36.3 Å². The fourth-order valence-corrected chi connectivity index (χ4v) is 3.84. The predicted molar refractivity (Wildman–Crippen MR) is 126 cm³/mol. The summed E-state index contributed by atoms with van der Waals surface area (Å²) in [6, 6.07) is 4.88. The minimum absolute atomic E-state index is 0.0102. The molecule has 2 heterocycles. The first-order valence-corrected chi connectivity index (χ1v) is 10.8. The zero-order valence-corrected chi connectivity index (χ0v) is 20.4. The van der Waals surface area contributed by atoms with Gasteiger partial charge in [-0.1, -0.05) is 11.6 Å². The third-order valence-corrected chi connectivity index (χ3v) is 5.57. The largest absolute Gasteiger partial charge is 0.496 e. The van der Waals surface area contributed by atoms with E-state index in [4.69, 9.17) is 35.7 Å². The van der Waals surface area contributed by atoms with Gasteiger partial charge in [0.15, 0.2) is 28.8 Å². The molecule has 0 spiro atoms. The van der Waals surface area contributed by atoms with Gasteiger partial charge in [0.2, 0.25) is 5.88 Å². The Morgan fingerprint density at radius 2 is 1.81 bits per heavy atom. The number of rotatable bonds is 9. The molecule has 2 N–H and O–H groups in total. The molecule has 0 amide bonds. The van der Waals surface area contributed by atoms with Crippen molar-refractivity contribution in [1.82, 2.24) is 19.5 Å². The summed E-state index contributed by atoms with van der Waals surface area (Å²) < 4.78 is 50.6. The van der Waals surface area contributed by atoms with E-state index >= 15 is 0 Å². The highest BCUT2D eigenvalue weighted by molar-refractivity contribution is 6.32. The average Bonchev–Trinajstić information content (AvgIpc) is 3.19. The van der Waals surface area contributed by atoms with Crippen LogP contribution in [-0.4, -0.2) is 51.9 Å². The second kappa shape index (κ2) is 10.3. The molecular formula is C23H19ClF2N4O7. The number of ether oxygens (including phenoxy) is 4. The summed E-state index contributed by atoms with van der Waals surface area (Å²) >= 11 is 6.45. The number of aromatic amines is 1. The highest BCUT2D eigenvalue weighted by atomic mass is 35.5. The molecule has 0 bridgehead atoms. The molecule has 4 aromatic rings. The molecule has 0 saturated heterocycles. The molecule has 194 valence electrons. The Morgan fingerprint density at radius 3 is 2.46 bits per heavy atom. The Labute approximate surface area is 212 Å². The molecule has 37 heavy (non-hydrogen) atoms. The van der Waals surface area contributed by atoms with E-state index in [2.05, 4.69) is 15.0 Å². The molecule has 0 aliphatic heterocycles. The van der Waals surface area contributed by atoms with Crippen LogP contribution in [0.15, 0.2) is 29.1 Å². The average molecular weight is 537 g/mol. The van der Waals surface area contributed by atoms with Crippen molar-refractivity contribution >= 4 is 28.7 Å². The van der Waals surface area contributed by atoms with Gasteiger partial charge >= 0.3 is 11.7 Å². The van der Waals surface area contributed by atoms with Crippen molar-refractivity contribution < 1.29 is 37.6 Å². The minimum Gasteiger partial charge on any atom is -0.496 e. The Kier molecular flexibility index (Phi) is 7.16. The van der Waals surface area contributed by atoms with Gasteiger partial charge in [0, 0.05) is 12.1 Å². The number of fused-ring (bicyclic) bond motifs is 1. The fourth-order valence-electron chi connectivity index (χ4n) is 3.61. The number of nitrogens with one attached hydrogen (secondary N) is 1. The smallest absolute Gasteiger partial charge is 0.332 e. The van der Waals surface area contributed by atoms with Crippen LogP contribution in [0.5, 0.6) is 23.1 Å². The van der Waals surface area contributed by atoms with Crippen LogP contribution >= 0.6 is 11.6 Å². The Morgan fingerprint density at radius 1 is 1.08 bits per heavy atom. The van der Waals surface area contributed by atoms with Crippen LogP contribution in [0, 0.1) is 11.6 Å². The van der Waals surface area contributed by atoms with Crippen molar-refractivity contribution in [3.05, 3.63) is 62.8 Å². The van der Waals surface area contributed by atoms with Gasteiger partial charge in [0.05, 0.1) is 37.6 Å². The number of hydrogen-bond acceptors (Lipinski definition) is 8. The van der Waals surface area contributed by atoms with Gasteiger partial charge in [-0.2, -0.15) is 4.98 Å². The molecule has 2 aromatic carbocycles. The quantitative estimate of drug-likeness (QED) is 0.330. The molecular weight excluding hydrogens is 518 g/mol. The second-order valence-electron chi connectivity index (χ2n) is 7.47. The van der Waals surface area contributed by atoms with Gasteiger partial charge in [-0.15, -0.1) is 0 Å². The Balaban J connectivity index is 1.85. The van der Waals surface area contributed by atoms with E-state index in [1.165, 1.54) is 39.5 Å². The molecule has 0 unspecified atom stereocenters. The van der Waals surface area contributed by atoms with Gasteiger partial charge in [0.1, 0.15) is 30.1 Å². The topological polar surface area (TPSA) is 138 Å². The number of carboxylic acid groups (broad SMARTS) is 1. The number of nitrogens with zero attached hydrogens (tertiary/aromatic N) is 3. The lowest BCUT2D eigenvalue weighted by atomic mass is 10.2. The van der Waals surface area contributed by atoms with Crippen LogP contribution in [0.25, 0.3) is 16.9 Å². The van der Waals surface area contributed by atoms with Gasteiger partial charge in [-0.25, -0.2) is 23.1 Å². The van der Waals surface area contributed by atoms with Gasteiger partial charge < -0.3 is 24.1 Å². The lowest BCUT2D eigenvalue weighted by Crippen LogP contribution is -2.16. The van der Waals surface area contributed by atoms with Crippen LogP contribution in [0.4, 0.5) is 8.78 Å². The maximum absolute atomic E-state index is 14.4. The van der Waals surface area contributed by atoms with Crippen molar-refractivity contribution in [3.8, 4) is 28.8 Å². The fraction of sp³-hybridized carbons (Fsp3) is 0.217. The number of carbonyl (C=O) groups is 1. The number of carboxylic acids is 1. The van der Waals surface area contributed by atoms with Crippen LogP contribution in [0.2, 0.25) is 5.02 Å². The van der Waals surface area contributed by atoms with E-state index in [9.17, 15) is 18.4 Å². The number of hydrogen-bond donors (Lipinski definition) is 2. The van der Waals surface area contributed by atoms with Crippen molar-refractivity contribution in [1.29, 1.82) is 0 Å². The first-order chi connectivity index (χ1) is 17.7. The zero-order chi connectivity index (χ0) is 26.9. The van der Waals surface area contributed by atoms with Crippen LogP contribution in [0.3, 0.4) is 0 Å². The summed E-state index contributed by atoms with van der Waals surface area (Å²) in [4.78, 5) is 34.9. The van der Waals surface area contributed by atoms with E-state index in [-0.39, 0.29) is 56.4 Å². The molecule has 4 rings (SSSR count). The third-order valence-electron chi connectivity index (χ3n) is 5.27. The van der Waals surface area contributed by atoms with Crippen LogP contribution < -0.4 is 24.6 Å². The minimum atomic E-state index is -1.19. The van der Waals surface area contributed by atoms with Crippen LogP contribution in [-0.2, 0) is 17.8 Å². The van der Waals surface area contributed by atoms with Crippen molar-refractivity contribution in [2.45, 2.75) is 13.0 Å². The first-order valence-electron chi connectivity index (χ1n) is 10.5. The molecule has 14 heteroatoms. The first kappa shape index (κ1) is 25.7. The summed E-state index contributed by atoms with van der Waals surface area (Å²) in [6.07, 6.45) is -0.530. The van der Waals surface area contributed by atoms with E-state index in [0.29, 0.717) is 0 Å². The zero-order valence-electron chi connectivity index (χ0n) is 19.6. The number of aliphatic carboxylic acids is 1. The summed E-state index contributed by atoms with van der Waals surface area (Å²) in [5, 5.41) is 9.19. The molecule has 11 nitrogen and oxygen atoms in total. The predicted octanol–water partition coefficient (Wildman–Crippen LogP) is 3.27. The highest BCUT2D eigenvalue weighted by Gasteiger charge is 2.22. The maximum atomic E-state index is 14.4. The number of methoxy groups -OCH3 is 3. The normalized spacial score (nSPS) is 11.0. The van der Waals surface area contributed by atoms with Crippen molar-refractivity contribution in [2.75, 3.05) is 21.3 Å². The lowest BCUT2D eigenvalue weighted by molar-refractivity contribution is -0.136. The molecule has 0 fully saturated rings. The summed E-state index contributed by atoms with van der Waals surface area (Å²) in [5.41, 5.74) is -0.707. The number of benzene rings is 2. The summed E-state index contributed by atoms with van der Waals surface area (Å²) in [5.74, 6) is -3.35. The van der Waals surface area contributed by atoms with E-state index in [0.717, 1.165) is 10.6 Å². The van der Waals surface area contributed by atoms with Gasteiger partial charge in [-0.3, -0.25) is 9.78 Å². The van der Waals surface area contributed by atoms with Gasteiger partial charge in [0.25, 0.3) is 0 Å². The van der Waals surface area contributed by atoms with E-state index in [1.54, 1.807) is 0 Å². The molecule has 2 aromatic heterocycles. The number of halogens is 3. The Bertz CT molecular complexity index is 1570. The molecule has 0 radical (unpaired) electrons. The third kappa shape index (κ3) is 4.85. The molecule has 0 saturated carbocycles. The Hall–Kier alpha value is -4.39. The number of imidazole rings is 1. The SMILES string of the molecule is COc1cc(Cl)c(-n2c(=O)[nH]c3c(OC)nc(CC(=O)O)nc32)cc1OCc1c(OC)ccc(F)c1F. The van der Waals surface area contributed by atoms with Crippen molar-refractivity contribution in [2.24, 2.45) is 0 Å². The molecule has 0 atom stereocenters. The number of H-pyrrole nitrogens is 1. The highest BCUT2D eigenvalue weighted by Crippen LogP contribution is 2.37. The van der Waals surface area contributed by atoms with Gasteiger partial charge in [-0.05, 0) is 12.1 Å². The molecule has 0 aliphatic carbocycles. The van der Waals surface area contributed by atoms with E-state index in [1.807, 2.05) is 0 Å². The molecule has 0 aliphatic rings. The van der Waals surface area contributed by atoms with Crippen molar-refractivity contribution in [3.63, 3.8) is 0 Å². The summed E-state index contributed by atoms with van der Waals surface area (Å²) in [6.45, 7) is -0.453. The maximum Gasteiger partial charge on any atom is 0.332 e. The second-order valence-corrected chi connectivity index (χ2v) is 7.88. The monoisotopic (exact) mass is 536 g/mol. The summed E-state index contributed by atoms with van der Waals surface area (Å²) in [7, 11) is 3.94. The van der Waals surface area contributed by atoms with Crippen LogP contribution in [0.1, 0.15) is 11.4 Å². The number of aromatic nitrogens is 4. The standard InChI is InChI=1S/C23H19ClF2N4O7/c1-34-14-5-4-12(25)19(26)10(14)9-37-16-7-13(11(24)6-15(16)35-2)30-21-20(29-23(30)33)22(36-3)28-17(27-21)8-18(31)32/h4-7H,8-9H2,1-3H3,(H,29,33)(H,31,32). The lowest BCUT2D eigenvalue weighted by Gasteiger charge is -2.16.